The van der Waals surface area contributed by atoms with Gasteiger partial charge in [-0.05, 0) is 36.4 Å². The van der Waals surface area contributed by atoms with Crippen LogP contribution in [0.1, 0.15) is 0 Å². The van der Waals surface area contributed by atoms with Crippen molar-refractivity contribution in [3.05, 3.63) is 83.3 Å². The number of methoxy groups -OCH3 is 2. The van der Waals surface area contributed by atoms with E-state index in [2.05, 4.69) is 10.4 Å². The van der Waals surface area contributed by atoms with Gasteiger partial charge in [-0.15, -0.1) is 5.10 Å². The van der Waals surface area contributed by atoms with Gasteiger partial charge in [0.25, 0.3) is 0 Å². The summed E-state index contributed by atoms with van der Waals surface area (Å²) in [6.07, 6.45) is 0. The van der Waals surface area contributed by atoms with Crippen LogP contribution in [0.5, 0.6) is 11.5 Å². The lowest BCUT2D eigenvalue weighted by atomic mass is 10.2. The molecule has 0 aliphatic carbocycles. The maximum atomic E-state index is 13.3. The Bertz CT molecular complexity index is 1600. The lowest BCUT2D eigenvalue weighted by molar-refractivity contribution is -0.117. The fourth-order valence-electron chi connectivity index (χ4n) is 3.69. The number of para-hydroxylation sites is 2. The second-order valence-corrected chi connectivity index (χ2v) is 8.60. The van der Waals surface area contributed by atoms with Gasteiger partial charge in [0.15, 0.2) is 17.1 Å². The van der Waals surface area contributed by atoms with Crippen molar-refractivity contribution in [3.63, 3.8) is 0 Å². The van der Waals surface area contributed by atoms with E-state index in [1.807, 2.05) is 54.6 Å². The van der Waals surface area contributed by atoms with E-state index in [9.17, 15) is 9.59 Å². The molecule has 0 saturated heterocycles. The highest BCUT2D eigenvalue weighted by atomic mass is 32.2. The smallest absolute Gasteiger partial charge is 0.351 e. The van der Waals surface area contributed by atoms with E-state index in [0.717, 1.165) is 9.58 Å². The number of hydrogen-bond acceptors (Lipinski definition) is 7. The Morgan fingerprint density at radius 3 is 2.49 bits per heavy atom. The summed E-state index contributed by atoms with van der Waals surface area (Å²) in [4.78, 5) is 31.8. The number of hydrogen-bond donors (Lipinski definition) is 1. The minimum atomic E-state index is -0.420. The second-order valence-electron chi connectivity index (χ2n) is 7.54. The van der Waals surface area contributed by atoms with Gasteiger partial charge < -0.3 is 14.8 Å². The Kier molecular flexibility index (Phi) is 6.11. The van der Waals surface area contributed by atoms with Gasteiger partial charge in [-0.1, -0.05) is 42.1 Å². The van der Waals surface area contributed by atoms with Crippen LogP contribution in [0, 0.1) is 0 Å². The third-order valence-electron chi connectivity index (χ3n) is 5.29. The van der Waals surface area contributed by atoms with Gasteiger partial charge in [0.05, 0.1) is 25.3 Å². The van der Waals surface area contributed by atoms with E-state index in [4.69, 9.17) is 14.5 Å². The third kappa shape index (κ3) is 4.43. The Morgan fingerprint density at radius 2 is 1.71 bits per heavy atom. The molecule has 5 rings (SSSR count). The van der Waals surface area contributed by atoms with Crippen molar-refractivity contribution in [1.82, 2.24) is 19.2 Å². The zero-order valence-electron chi connectivity index (χ0n) is 19.0. The maximum absolute atomic E-state index is 13.3. The van der Waals surface area contributed by atoms with Crippen molar-refractivity contribution in [2.45, 2.75) is 16.5 Å². The monoisotopic (exact) mass is 487 g/mol. The average Bonchev–Trinajstić information content (AvgIpc) is 3.20. The zero-order chi connectivity index (χ0) is 24.4. The van der Waals surface area contributed by atoms with Crippen LogP contribution in [0.2, 0.25) is 0 Å². The first kappa shape index (κ1) is 22.5. The number of rotatable bonds is 7. The molecular weight excluding hydrogens is 466 g/mol. The average molecular weight is 488 g/mol. The first-order valence-electron chi connectivity index (χ1n) is 10.7. The van der Waals surface area contributed by atoms with Crippen LogP contribution < -0.4 is 20.5 Å². The number of carbonyl (C=O) groups excluding carboxylic acids is 1. The number of amides is 1. The summed E-state index contributed by atoms with van der Waals surface area (Å²) in [6, 6.07) is 22.1. The molecule has 0 unspecified atom stereocenters. The second kappa shape index (κ2) is 9.51. The number of nitrogens with one attached hydrogen (secondary N) is 1. The lowest BCUT2D eigenvalue weighted by Gasteiger charge is -2.10. The van der Waals surface area contributed by atoms with Crippen molar-refractivity contribution in [1.29, 1.82) is 0 Å². The molecule has 1 N–H and O–H groups in total. The molecule has 0 aliphatic heterocycles. The van der Waals surface area contributed by atoms with Crippen molar-refractivity contribution in [2.24, 2.45) is 0 Å². The molecule has 0 saturated carbocycles. The van der Waals surface area contributed by atoms with Gasteiger partial charge in [-0.25, -0.2) is 18.9 Å². The van der Waals surface area contributed by atoms with Crippen molar-refractivity contribution >= 4 is 40.0 Å². The van der Waals surface area contributed by atoms with Crippen LogP contribution in [0.4, 0.5) is 5.69 Å². The molecule has 9 nitrogen and oxygen atoms in total. The molecular formula is C25H21N5O4S. The van der Waals surface area contributed by atoms with Crippen molar-refractivity contribution in [3.8, 4) is 11.5 Å². The summed E-state index contributed by atoms with van der Waals surface area (Å²) in [6.45, 7) is -0.265. The Labute approximate surface area is 204 Å². The van der Waals surface area contributed by atoms with E-state index in [-0.39, 0.29) is 6.54 Å². The molecule has 35 heavy (non-hydrogen) atoms. The summed E-state index contributed by atoms with van der Waals surface area (Å²) >= 11 is 1.41. The highest BCUT2D eigenvalue weighted by molar-refractivity contribution is 7.99. The summed E-state index contributed by atoms with van der Waals surface area (Å²) in [7, 11) is 3.05. The minimum absolute atomic E-state index is 0.265. The molecule has 0 radical (unpaired) electrons. The fourth-order valence-corrected chi connectivity index (χ4v) is 4.58. The van der Waals surface area contributed by atoms with Crippen molar-refractivity contribution in [2.75, 3.05) is 19.5 Å². The number of nitrogens with zero attached hydrogens (tertiary/aromatic N) is 4. The van der Waals surface area contributed by atoms with Crippen LogP contribution >= 0.6 is 11.8 Å². The predicted octanol–water partition coefficient (Wildman–Crippen LogP) is 3.85. The molecule has 0 fully saturated rings. The highest BCUT2D eigenvalue weighted by Gasteiger charge is 2.18. The number of carbonyl (C=O) groups is 1. The molecule has 0 spiro atoms. The Morgan fingerprint density at radius 1 is 0.971 bits per heavy atom. The first-order valence-corrected chi connectivity index (χ1v) is 11.5. The molecule has 0 atom stereocenters. The number of ether oxygens (including phenoxy) is 2. The molecule has 10 heteroatoms. The van der Waals surface area contributed by atoms with Gasteiger partial charge in [0, 0.05) is 16.6 Å². The van der Waals surface area contributed by atoms with E-state index in [0.29, 0.717) is 38.9 Å². The van der Waals surface area contributed by atoms with Crippen LogP contribution in [-0.4, -0.2) is 39.3 Å². The standard InChI is InChI=1S/C25H21N5O4S/c1-33-20-13-12-16(14-21(20)34-2)26-22(31)15-29-25(32)30-19-11-7-6-10-18(19)27-24(23(30)28-29)35-17-8-4-3-5-9-17/h3-14H,15H2,1-2H3,(H,26,31). The summed E-state index contributed by atoms with van der Waals surface area (Å²) in [5.41, 5.74) is 1.76. The molecule has 176 valence electrons. The lowest BCUT2D eigenvalue weighted by Crippen LogP contribution is -2.28. The Hall–Kier alpha value is -4.31. The number of anilines is 1. The van der Waals surface area contributed by atoms with E-state index in [1.54, 1.807) is 18.2 Å². The van der Waals surface area contributed by atoms with Crippen LogP contribution in [0.25, 0.3) is 16.7 Å². The minimum Gasteiger partial charge on any atom is -0.493 e. The van der Waals surface area contributed by atoms with E-state index in [1.165, 1.54) is 30.4 Å². The predicted molar refractivity (Wildman–Crippen MR) is 133 cm³/mol. The number of benzene rings is 3. The topological polar surface area (TPSA) is 99.7 Å². The zero-order valence-corrected chi connectivity index (χ0v) is 19.8. The molecule has 2 heterocycles. The number of fused-ring (bicyclic) bond motifs is 3. The Balaban J connectivity index is 1.51. The normalized spacial score (nSPS) is 11.0. The molecule has 0 aliphatic rings. The fraction of sp³-hybridized carbons (Fsp3) is 0.120. The molecule has 0 bridgehead atoms. The van der Waals surface area contributed by atoms with Crippen LogP contribution in [-0.2, 0) is 11.3 Å². The molecule has 2 aromatic heterocycles. The van der Waals surface area contributed by atoms with E-state index < -0.39 is 11.6 Å². The molecule has 5 aromatic rings. The SMILES string of the molecule is COc1ccc(NC(=O)Cn2nc3c(Sc4ccccc4)nc4ccccc4n3c2=O)cc1OC. The van der Waals surface area contributed by atoms with Gasteiger partial charge in [0.1, 0.15) is 11.6 Å². The summed E-state index contributed by atoms with van der Waals surface area (Å²) in [5, 5.41) is 7.83. The van der Waals surface area contributed by atoms with Gasteiger partial charge in [0.2, 0.25) is 5.91 Å². The van der Waals surface area contributed by atoms with E-state index >= 15 is 0 Å². The van der Waals surface area contributed by atoms with Gasteiger partial charge in [-0.3, -0.25) is 4.79 Å². The first-order chi connectivity index (χ1) is 17.1. The molecule has 3 aromatic carbocycles. The maximum Gasteiger partial charge on any atom is 0.351 e. The summed E-state index contributed by atoms with van der Waals surface area (Å²) < 4.78 is 13.2. The quantitative estimate of drug-likeness (QED) is 0.372. The van der Waals surface area contributed by atoms with Crippen LogP contribution in [0.3, 0.4) is 0 Å². The third-order valence-corrected chi connectivity index (χ3v) is 6.27. The van der Waals surface area contributed by atoms with Gasteiger partial charge >= 0.3 is 5.69 Å². The van der Waals surface area contributed by atoms with Gasteiger partial charge in [-0.2, -0.15) is 0 Å². The summed E-state index contributed by atoms with van der Waals surface area (Å²) in [5.74, 6) is 0.623. The van der Waals surface area contributed by atoms with Crippen molar-refractivity contribution < 1.29 is 14.3 Å². The largest absolute Gasteiger partial charge is 0.493 e. The molecule has 1 amide bonds. The highest BCUT2D eigenvalue weighted by Crippen LogP contribution is 2.31. The van der Waals surface area contributed by atoms with Crippen LogP contribution in [0.15, 0.2) is 87.5 Å². The number of aromatic nitrogens is 4.